The molecule has 2 amide bonds. The molecule has 0 aliphatic heterocycles. The molecule has 0 bridgehead atoms. The Morgan fingerprint density at radius 1 is 1.11 bits per heavy atom. The van der Waals surface area contributed by atoms with Crippen LogP contribution in [0.2, 0.25) is 0 Å². The average Bonchev–Trinajstić information content (AvgIpc) is 3.49. The fourth-order valence-electron chi connectivity index (χ4n) is 3.39. The summed E-state index contributed by atoms with van der Waals surface area (Å²) in [7, 11) is 0. The maximum atomic E-state index is 12.6. The molecule has 36 heavy (non-hydrogen) atoms. The Hall–Kier alpha value is -3.76. The second-order valence-electron chi connectivity index (χ2n) is 8.09. The smallest absolute Gasteiger partial charge is 0.251 e. The van der Waals surface area contributed by atoms with Crippen LogP contribution in [0.1, 0.15) is 27.3 Å². The summed E-state index contributed by atoms with van der Waals surface area (Å²) in [6.07, 6.45) is 1.72. The van der Waals surface area contributed by atoms with Gasteiger partial charge in [-0.3, -0.25) is 9.59 Å². The number of thiazole rings is 1. The van der Waals surface area contributed by atoms with Crippen molar-refractivity contribution in [2.45, 2.75) is 32.1 Å². The number of aryl methyl sites for hydroxylation is 2. The van der Waals surface area contributed by atoms with E-state index in [1.54, 1.807) is 12.1 Å². The minimum absolute atomic E-state index is 0.143. The average molecular weight is 519 g/mol. The topological polar surface area (TPSA) is 102 Å². The molecule has 0 spiro atoms. The number of nitrogens with one attached hydrogen (secondary N) is 2. The third-order valence-corrected chi connectivity index (χ3v) is 6.95. The summed E-state index contributed by atoms with van der Waals surface area (Å²) in [6, 6.07) is 15.5. The Labute approximate surface area is 217 Å². The van der Waals surface area contributed by atoms with Gasteiger partial charge in [0.15, 0.2) is 16.1 Å². The molecule has 0 saturated heterocycles. The van der Waals surface area contributed by atoms with Crippen molar-refractivity contribution in [2.75, 3.05) is 11.1 Å². The highest BCUT2D eigenvalue weighted by molar-refractivity contribution is 7.99. The largest absolute Gasteiger partial charge is 0.345 e. The predicted octanol–water partition coefficient (Wildman–Crippen LogP) is 4.87. The molecule has 0 fully saturated rings. The normalized spacial score (nSPS) is 10.7. The van der Waals surface area contributed by atoms with Gasteiger partial charge in [0.25, 0.3) is 5.91 Å². The quantitative estimate of drug-likeness (QED) is 0.230. The zero-order valence-electron chi connectivity index (χ0n) is 20.0. The van der Waals surface area contributed by atoms with E-state index in [-0.39, 0.29) is 24.1 Å². The first-order chi connectivity index (χ1) is 17.4. The Morgan fingerprint density at radius 2 is 1.92 bits per heavy atom. The molecule has 0 radical (unpaired) electrons. The monoisotopic (exact) mass is 518 g/mol. The lowest BCUT2D eigenvalue weighted by atomic mass is 10.1. The molecule has 0 aliphatic carbocycles. The summed E-state index contributed by atoms with van der Waals surface area (Å²) < 4.78 is 1.83. The van der Waals surface area contributed by atoms with E-state index in [0.717, 1.165) is 16.8 Å². The maximum absolute atomic E-state index is 12.6. The van der Waals surface area contributed by atoms with Crippen molar-refractivity contribution in [1.29, 1.82) is 0 Å². The molecule has 2 N–H and O–H groups in total. The number of anilines is 1. The van der Waals surface area contributed by atoms with Crippen LogP contribution < -0.4 is 10.6 Å². The van der Waals surface area contributed by atoms with Crippen molar-refractivity contribution in [3.05, 3.63) is 89.1 Å². The number of aromatic nitrogens is 4. The molecule has 4 aromatic rings. The highest BCUT2D eigenvalue weighted by Gasteiger charge is 2.16. The van der Waals surface area contributed by atoms with E-state index in [2.05, 4.69) is 32.4 Å². The number of nitrogens with zero attached hydrogens (tertiary/aromatic N) is 4. The number of amides is 2. The van der Waals surface area contributed by atoms with Gasteiger partial charge < -0.3 is 15.2 Å². The van der Waals surface area contributed by atoms with Crippen LogP contribution in [0.4, 0.5) is 5.13 Å². The van der Waals surface area contributed by atoms with Gasteiger partial charge in [-0.25, -0.2) is 4.98 Å². The van der Waals surface area contributed by atoms with Crippen LogP contribution in [0.15, 0.2) is 71.7 Å². The van der Waals surface area contributed by atoms with Crippen LogP contribution >= 0.6 is 23.1 Å². The summed E-state index contributed by atoms with van der Waals surface area (Å²) >= 11 is 2.65. The summed E-state index contributed by atoms with van der Waals surface area (Å²) in [5.41, 5.74) is 4.61. The van der Waals surface area contributed by atoms with Gasteiger partial charge >= 0.3 is 0 Å². The minimum atomic E-state index is -0.188. The van der Waals surface area contributed by atoms with Crippen molar-refractivity contribution in [3.8, 4) is 11.3 Å². The third-order valence-electron chi connectivity index (χ3n) is 5.22. The molecule has 8 nitrogen and oxygen atoms in total. The number of carbonyl (C=O) groups is 2. The van der Waals surface area contributed by atoms with Crippen LogP contribution in [0.3, 0.4) is 0 Å². The van der Waals surface area contributed by atoms with Gasteiger partial charge in [0, 0.05) is 23.1 Å². The first kappa shape index (κ1) is 25.3. The van der Waals surface area contributed by atoms with E-state index in [9.17, 15) is 9.59 Å². The second kappa shape index (κ2) is 11.8. The van der Waals surface area contributed by atoms with Gasteiger partial charge in [-0.05, 0) is 26.0 Å². The molecule has 2 aromatic heterocycles. The third kappa shape index (κ3) is 6.46. The van der Waals surface area contributed by atoms with Gasteiger partial charge in [-0.1, -0.05) is 65.4 Å². The summed E-state index contributed by atoms with van der Waals surface area (Å²) in [6.45, 7) is 8.44. The summed E-state index contributed by atoms with van der Waals surface area (Å²) in [4.78, 5) is 29.6. The van der Waals surface area contributed by atoms with Crippen LogP contribution in [0.25, 0.3) is 11.3 Å². The number of thioether (sulfide) groups is 1. The zero-order chi connectivity index (χ0) is 25.5. The van der Waals surface area contributed by atoms with Crippen molar-refractivity contribution in [3.63, 3.8) is 0 Å². The van der Waals surface area contributed by atoms with Crippen molar-refractivity contribution in [2.24, 2.45) is 0 Å². The molecule has 10 heteroatoms. The number of allylic oxidation sites excluding steroid dienone is 1. The van der Waals surface area contributed by atoms with Crippen LogP contribution in [0.5, 0.6) is 0 Å². The second-order valence-corrected chi connectivity index (χ2v) is 9.89. The molecule has 2 aromatic carbocycles. The molecule has 0 saturated carbocycles. The van der Waals surface area contributed by atoms with Gasteiger partial charge in [-0.2, -0.15) is 0 Å². The molecule has 0 unspecified atom stereocenters. The van der Waals surface area contributed by atoms with Crippen molar-refractivity contribution < 1.29 is 9.59 Å². The Bertz CT molecular complexity index is 1380. The standard InChI is InChI=1S/C26H26N6O2S2/c1-4-12-32-22(14-27-24(34)20-7-5-6-18(3)13-20)30-31-26(32)36-16-23(33)29-25-28-21(15-35-25)19-10-8-17(2)9-11-19/h4-11,13,15H,1,12,14,16H2,2-3H3,(H,27,34)(H,28,29,33). The first-order valence-corrected chi connectivity index (χ1v) is 13.1. The molecule has 4 rings (SSSR count). The Morgan fingerprint density at radius 3 is 2.67 bits per heavy atom. The highest BCUT2D eigenvalue weighted by Crippen LogP contribution is 2.25. The van der Waals surface area contributed by atoms with E-state index in [1.165, 1.54) is 28.7 Å². The molecular formula is C26H26N6O2S2. The highest BCUT2D eigenvalue weighted by atomic mass is 32.2. The first-order valence-electron chi connectivity index (χ1n) is 11.3. The lowest BCUT2D eigenvalue weighted by molar-refractivity contribution is -0.113. The van der Waals surface area contributed by atoms with Crippen LogP contribution in [-0.2, 0) is 17.9 Å². The molecule has 184 valence electrons. The summed E-state index contributed by atoms with van der Waals surface area (Å²) in [5, 5.41) is 17.2. The lowest BCUT2D eigenvalue weighted by Crippen LogP contribution is -2.25. The molecular weight excluding hydrogens is 492 g/mol. The number of hydrogen-bond acceptors (Lipinski definition) is 7. The van der Waals surface area contributed by atoms with Crippen LogP contribution in [-0.4, -0.2) is 37.3 Å². The Kier molecular flexibility index (Phi) is 8.29. The van der Waals surface area contributed by atoms with Crippen molar-refractivity contribution >= 4 is 40.0 Å². The maximum Gasteiger partial charge on any atom is 0.251 e. The van der Waals surface area contributed by atoms with Gasteiger partial charge in [0.05, 0.1) is 18.0 Å². The molecule has 2 heterocycles. The van der Waals surface area contributed by atoms with E-state index >= 15 is 0 Å². The molecule has 0 atom stereocenters. The minimum Gasteiger partial charge on any atom is -0.345 e. The Balaban J connectivity index is 1.34. The van der Waals surface area contributed by atoms with Gasteiger partial charge in [-0.15, -0.1) is 28.1 Å². The fourth-order valence-corrected chi connectivity index (χ4v) is 4.89. The fraction of sp³-hybridized carbons (Fsp3) is 0.192. The van der Waals surface area contributed by atoms with E-state index in [0.29, 0.717) is 28.2 Å². The SMILES string of the molecule is C=CCn1c(CNC(=O)c2cccc(C)c2)nnc1SCC(=O)Nc1nc(-c2ccc(C)cc2)cs1. The zero-order valence-corrected chi connectivity index (χ0v) is 21.7. The van der Waals surface area contributed by atoms with Crippen LogP contribution in [0, 0.1) is 13.8 Å². The number of rotatable bonds is 10. The lowest BCUT2D eigenvalue weighted by Gasteiger charge is -2.09. The number of hydrogen-bond donors (Lipinski definition) is 2. The van der Waals surface area contributed by atoms with Crippen molar-refractivity contribution in [1.82, 2.24) is 25.1 Å². The van der Waals surface area contributed by atoms with E-state index < -0.39 is 0 Å². The number of carbonyl (C=O) groups excluding carboxylic acids is 2. The number of benzene rings is 2. The predicted molar refractivity (Wildman–Crippen MR) is 144 cm³/mol. The van der Waals surface area contributed by atoms with Gasteiger partial charge in [0.1, 0.15) is 0 Å². The van der Waals surface area contributed by atoms with E-state index in [4.69, 9.17) is 0 Å². The molecule has 0 aliphatic rings. The van der Waals surface area contributed by atoms with E-state index in [1.807, 2.05) is 66.3 Å². The van der Waals surface area contributed by atoms with Gasteiger partial charge in [0.2, 0.25) is 5.91 Å². The summed E-state index contributed by atoms with van der Waals surface area (Å²) in [5.74, 6) is 0.354.